The van der Waals surface area contributed by atoms with Gasteiger partial charge in [0.1, 0.15) is 22.3 Å². The van der Waals surface area contributed by atoms with Crippen molar-refractivity contribution in [1.29, 1.82) is 0 Å². The zero-order valence-corrected chi connectivity index (χ0v) is 33.4. The maximum Gasteiger partial charge on any atom is 0.164 e. The summed E-state index contributed by atoms with van der Waals surface area (Å²) in [6.45, 7) is 0. The molecule has 0 aliphatic heterocycles. The van der Waals surface area contributed by atoms with Crippen LogP contribution in [0.2, 0.25) is 0 Å². The molecule has 0 N–H and O–H groups in total. The van der Waals surface area contributed by atoms with Gasteiger partial charge in [-0.15, -0.1) is 0 Å². The molecule has 12 rings (SSSR count). The van der Waals surface area contributed by atoms with Crippen molar-refractivity contribution in [3.63, 3.8) is 0 Å². The molecule has 62 heavy (non-hydrogen) atoms. The van der Waals surface area contributed by atoms with Crippen molar-refractivity contribution in [3.05, 3.63) is 212 Å². The van der Waals surface area contributed by atoms with Gasteiger partial charge in [0.05, 0.1) is 0 Å². The van der Waals surface area contributed by atoms with E-state index in [9.17, 15) is 0 Å². The van der Waals surface area contributed by atoms with Crippen LogP contribution < -0.4 is 0 Å². The number of hydrogen-bond acceptors (Lipinski definition) is 5. The van der Waals surface area contributed by atoms with Crippen LogP contribution in [0.1, 0.15) is 0 Å². The van der Waals surface area contributed by atoms with Crippen LogP contribution in [0.5, 0.6) is 0 Å². The lowest BCUT2D eigenvalue weighted by atomic mass is 9.91. The Labute approximate surface area is 357 Å². The minimum absolute atomic E-state index is 0.568. The fourth-order valence-corrected chi connectivity index (χ4v) is 8.75. The van der Waals surface area contributed by atoms with Crippen LogP contribution in [0.15, 0.2) is 221 Å². The van der Waals surface area contributed by atoms with Gasteiger partial charge in [-0.25, -0.2) is 15.0 Å². The van der Waals surface area contributed by atoms with Gasteiger partial charge in [0.25, 0.3) is 0 Å². The van der Waals surface area contributed by atoms with Gasteiger partial charge < -0.3 is 8.83 Å². The molecule has 0 fully saturated rings. The van der Waals surface area contributed by atoms with E-state index in [1.165, 1.54) is 0 Å². The molecule has 0 bridgehead atoms. The van der Waals surface area contributed by atoms with Crippen LogP contribution in [0.3, 0.4) is 0 Å². The van der Waals surface area contributed by atoms with Gasteiger partial charge in [-0.3, -0.25) is 0 Å². The fourth-order valence-electron chi connectivity index (χ4n) is 8.75. The summed E-state index contributed by atoms with van der Waals surface area (Å²) >= 11 is 0. The Hall–Kier alpha value is -8.41. The highest BCUT2D eigenvalue weighted by molar-refractivity contribution is 6.14. The van der Waals surface area contributed by atoms with Crippen molar-refractivity contribution >= 4 is 43.9 Å². The van der Waals surface area contributed by atoms with E-state index in [2.05, 4.69) is 182 Å². The van der Waals surface area contributed by atoms with Crippen LogP contribution in [0.25, 0.3) is 123 Å². The second kappa shape index (κ2) is 14.7. The third kappa shape index (κ3) is 6.23. The monoisotopic (exact) mass is 793 g/mol. The topological polar surface area (TPSA) is 65.0 Å². The van der Waals surface area contributed by atoms with Gasteiger partial charge in [0.15, 0.2) is 17.5 Å². The minimum atomic E-state index is 0.568. The van der Waals surface area contributed by atoms with Crippen molar-refractivity contribution < 1.29 is 8.83 Å². The molecule has 12 aromatic rings. The number of fused-ring (bicyclic) bond motifs is 6. The molecule has 0 spiro atoms. The van der Waals surface area contributed by atoms with E-state index >= 15 is 0 Å². The molecule has 0 aliphatic rings. The first kappa shape index (κ1) is 35.5. The average Bonchev–Trinajstić information content (AvgIpc) is 3.92. The first-order valence-corrected chi connectivity index (χ1v) is 20.7. The molecule has 290 valence electrons. The lowest BCUT2D eigenvalue weighted by Crippen LogP contribution is -2.00. The van der Waals surface area contributed by atoms with Gasteiger partial charge in [-0.1, -0.05) is 164 Å². The standard InChI is InChI=1S/C57H35N3O2/c1-3-14-36(15-4-1)38-18-11-20-41(32-38)55-58-56(42-21-12-19-39(33-42)37-16-5-2-6-17-37)60-57(59-55)43-28-30-46-49-34-40(29-31-51(49)62-53(46)35-43)44-22-7-8-23-45(44)47-25-13-27-52-54(47)48-24-9-10-26-50(48)61-52/h1-35H. The van der Waals surface area contributed by atoms with E-state index in [1.54, 1.807) is 0 Å². The highest BCUT2D eigenvalue weighted by Crippen LogP contribution is 2.42. The molecule has 0 saturated heterocycles. The summed E-state index contributed by atoms with van der Waals surface area (Å²) in [5, 5.41) is 4.29. The molecule has 3 aromatic heterocycles. The number of rotatable bonds is 7. The van der Waals surface area contributed by atoms with E-state index in [1.807, 2.05) is 30.3 Å². The number of benzene rings is 9. The third-order valence-electron chi connectivity index (χ3n) is 11.8. The maximum atomic E-state index is 6.59. The van der Waals surface area contributed by atoms with Crippen LogP contribution in [0.4, 0.5) is 0 Å². The molecule has 0 aliphatic carbocycles. The van der Waals surface area contributed by atoms with Crippen molar-refractivity contribution in [1.82, 2.24) is 15.0 Å². The average molecular weight is 794 g/mol. The van der Waals surface area contributed by atoms with Gasteiger partial charge in [0, 0.05) is 38.2 Å². The van der Waals surface area contributed by atoms with E-state index in [-0.39, 0.29) is 0 Å². The summed E-state index contributed by atoms with van der Waals surface area (Å²) in [6, 6.07) is 73.4. The molecular weight excluding hydrogens is 759 g/mol. The number of furan rings is 2. The van der Waals surface area contributed by atoms with Crippen molar-refractivity contribution in [2.75, 3.05) is 0 Å². The smallest absolute Gasteiger partial charge is 0.164 e. The molecule has 0 saturated carbocycles. The Morgan fingerprint density at radius 1 is 0.242 bits per heavy atom. The van der Waals surface area contributed by atoms with Crippen LogP contribution in [0, 0.1) is 0 Å². The Morgan fingerprint density at radius 3 is 1.42 bits per heavy atom. The normalized spacial score (nSPS) is 11.5. The van der Waals surface area contributed by atoms with Gasteiger partial charge in [0.2, 0.25) is 0 Å². The molecule has 9 aromatic carbocycles. The Kier molecular flexibility index (Phi) is 8.42. The fraction of sp³-hybridized carbons (Fsp3) is 0. The quantitative estimate of drug-likeness (QED) is 0.161. The summed E-state index contributed by atoms with van der Waals surface area (Å²) < 4.78 is 12.9. The Balaban J connectivity index is 0.971. The lowest BCUT2D eigenvalue weighted by Gasteiger charge is -2.11. The van der Waals surface area contributed by atoms with Crippen LogP contribution >= 0.6 is 0 Å². The molecule has 0 amide bonds. The lowest BCUT2D eigenvalue weighted by molar-refractivity contribution is 0.668. The SMILES string of the molecule is c1ccc(-c2cccc(-c3nc(-c4cccc(-c5ccccc5)c4)nc(-c4ccc5c(c4)oc4ccc(-c6ccccc6-c6cccc7oc8ccccc8c67)cc45)n3)c2)cc1. The van der Waals surface area contributed by atoms with E-state index in [0.717, 1.165) is 105 Å². The van der Waals surface area contributed by atoms with Crippen molar-refractivity contribution in [2.45, 2.75) is 0 Å². The van der Waals surface area contributed by atoms with Crippen molar-refractivity contribution in [2.24, 2.45) is 0 Å². The molecule has 0 atom stereocenters. The first-order valence-electron chi connectivity index (χ1n) is 20.7. The van der Waals surface area contributed by atoms with E-state index in [4.69, 9.17) is 23.8 Å². The highest BCUT2D eigenvalue weighted by atomic mass is 16.3. The van der Waals surface area contributed by atoms with Gasteiger partial charge in [-0.05, 0) is 93.0 Å². The van der Waals surface area contributed by atoms with Crippen LogP contribution in [-0.4, -0.2) is 15.0 Å². The number of hydrogen-bond donors (Lipinski definition) is 0. The summed E-state index contributed by atoms with van der Waals surface area (Å²) in [5.74, 6) is 1.76. The molecule has 3 heterocycles. The molecule has 5 heteroatoms. The van der Waals surface area contributed by atoms with Crippen molar-refractivity contribution in [3.8, 4) is 78.7 Å². The molecular formula is C57H35N3O2. The number of aromatic nitrogens is 3. The van der Waals surface area contributed by atoms with E-state index in [0.29, 0.717) is 17.5 Å². The molecule has 0 radical (unpaired) electrons. The Bertz CT molecular complexity index is 3540. The largest absolute Gasteiger partial charge is 0.456 e. The number of para-hydroxylation sites is 1. The van der Waals surface area contributed by atoms with Crippen LogP contribution in [-0.2, 0) is 0 Å². The predicted molar refractivity (Wildman–Crippen MR) is 252 cm³/mol. The highest BCUT2D eigenvalue weighted by Gasteiger charge is 2.19. The molecule has 0 unspecified atom stereocenters. The summed E-state index contributed by atoms with van der Waals surface area (Å²) in [7, 11) is 0. The predicted octanol–water partition coefficient (Wildman–Crippen LogP) is 15.3. The summed E-state index contributed by atoms with van der Waals surface area (Å²) in [6.07, 6.45) is 0. The Morgan fingerprint density at radius 2 is 0.726 bits per heavy atom. The summed E-state index contributed by atoms with van der Waals surface area (Å²) in [5.41, 5.74) is 15.0. The minimum Gasteiger partial charge on any atom is -0.456 e. The zero-order valence-electron chi connectivity index (χ0n) is 33.4. The molecule has 5 nitrogen and oxygen atoms in total. The second-order valence-electron chi connectivity index (χ2n) is 15.5. The maximum absolute atomic E-state index is 6.59. The summed E-state index contributed by atoms with van der Waals surface area (Å²) in [4.78, 5) is 15.4. The third-order valence-corrected chi connectivity index (χ3v) is 11.8. The van der Waals surface area contributed by atoms with Gasteiger partial charge >= 0.3 is 0 Å². The number of nitrogens with zero attached hydrogens (tertiary/aromatic N) is 3. The van der Waals surface area contributed by atoms with E-state index < -0.39 is 0 Å². The first-order chi connectivity index (χ1) is 30.7. The second-order valence-corrected chi connectivity index (χ2v) is 15.5. The van der Waals surface area contributed by atoms with Gasteiger partial charge in [-0.2, -0.15) is 0 Å². The zero-order chi connectivity index (χ0) is 41.0.